The molecule has 7 nitrogen and oxygen atoms in total. The molecule has 1 aromatic heterocycles. The first kappa shape index (κ1) is 20.3. The number of likely N-dealkylation sites (tertiary alicyclic amines) is 1. The molecule has 2 aliphatic rings. The number of nitrogens with zero attached hydrogens (tertiary/aromatic N) is 2. The molecule has 1 fully saturated rings. The summed E-state index contributed by atoms with van der Waals surface area (Å²) in [5, 5.41) is 0.786. The molecule has 2 aliphatic heterocycles. The van der Waals surface area contributed by atoms with Crippen molar-refractivity contribution < 1.29 is 23.8 Å². The lowest BCUT2D eigenvalue weighted by Crippen LogP contribution is -2.52. The topological polar surface area (TPSA) is 78.0 Å². The molecule has 3 heterocycles. The standard InChI is InChI=1S/C25H24N2O5/c1-30-21-9-5-7-17-22(31-2)14-18(26-23(17)21)24(29)27-12-10-25(11-13-27)15-19(28)16-6-3-4-8-20(16)32-25/h3-9,14H,10-13,15H2,1-2H3. The average Bonchev–Trinajstić information content (AvgIpc) is 2.83. The minimum absolute atomic E-state index is 0.0969. The van der Waals surface area contributed by atoms with E-state index in [1.165, 1.54) is 0 Å². The highest BCUT2D eigenvalue weighted by molar-refractivity contribution is 6.01. The summed E-state index contributed by atoms with van der Waals surface area (Å²) in [6.07, 6.45) is 1.52. The van der Waals surface area contributed by atoms with E-state index in [4.69, 9.17) is 14.2 Å². The second-order valence-electron chi connectivity index (χ2n) is 8.24. The Kier molecular flexibility index (Phi) is 4.96. The first-order chi connectivity index (χ1) is 15.5. The number of piperidine rings is 1. The molecular formula is C25H24N2O5. The van der Waals surface area contributed by atoms with Crippen LogP contribution in [0.5, 0.6) is 17.2 Å². The molecule has 5 rings (SSSR count). The van der Waals surface area contributed by atoms with E-state index in [9.17, 15) is 9.59 Å². The van der Waals surface area contributed by atoms with Crippen molar-refractivity contribution in [3.63, 3.8) is 0 Å². The van der Waals surface area contributed by atoms with E-state index < -0.39 is 5.60 Å². The number of fused-ring (bicyclic) bond motifs is 2. The highest BCUT2D eigenvalue weighted by atomic mass is 16.5. The summed E-state index contributed by atoms with van der Waals surface area (Å²) in [4.78, 5) is 32.3. The number of pyridine rings is 1. The van der Waals surface area contributed by atoms with Crippen molar-refractivity contribution >= 4 is 22.6 Å². The minimum atomic E-state index is -0.556. The second-order valence-corrected chi connectivity index (χ2v) is 8.24. The third-order valence-corrected chi connectivity index (χ3v) is 6.38. The Balaban J connectivity index is 1.38. The van der Waals surface area contributed by atoms with Gasteiger partial charge in [-0.25, -0.2) is 4.98 Å². The molecule has 0 aliphatic carbocycles. The van der Waals surface area contributed by atoms with Gasteiger partial charge in [0.05, 0.1) is 26.2 Å². The van der Waals surface area contributed by atoms with Crippen molar-refractivity contribution in [2.24, 2.45) is 0 Å². The molecule has 0 saturated carbocycles. The van der Waals surface area contributed by atoms with Gasteiger partial charge in [-0.1, -0.05) is 18.2 Å². The van der Waals surface area contributed by atoms with E-state index in [2.05, 4.69) is 4.98 Å². The van der Waals surface area contributed by atoms with Gasteiger partial charge < -0.3 is 19.1 Å². The smallest absolute Gasteiger partial charge is 0.272 e. The molecule has 0 atom stereocenters. The summed E-state index contributed by atoms with van der Waals surface area (Å²) >= 11 is 0. The number of carbonyl (C=O) groups is 2. The number of amides is 1. The van der Waals surface area contributed by atoms with Gasteiger partial charge in [-0.15, -0.1) is 0 Å². The van der Waals surface area contributed by atoms with Crippen LogP contribution in [0.3, 0.4) is 0 Å². The summed E-state index contributed by atoms with van der Waals surface area (Å²) in [6, 6.07) is 14.6. The zero-order chi connectivity index (χ0) is 22.3. The molecule has 7 heteroatoms. The van der Waals surface area contributed by atoms with E-state index in [0.717, 1.165) is 5.39 Å². The van der Waals surface area contributed by atoms with Crippen LogP contribution in [0.1, 0.15) is 40.1 Å². The number of aromatic nitrogens is 1. The van der Waals surface area contributed by atoms with Crippen LogP contribution in [0.4, 0.5) is 0 Å². The van der Waals surface area contributed by atoms with Crippen LogP contribution in [0.15, 0.2) is 48.5 Å². The van der Waals surface area contributed by atoms with Crippen molar-refractivity contribution in [1.82, 2.24) is 9.88 Å². The van der Waals surface area contributed by atoms with Gasteiger partial charge in [-0.3, -0.25) is 9.59 Å². The zero-order valence-corrected chi connectivity index (χ0v) is 18.1. The molecule has 3 aromatic rings. The lowest BCUT2D eigenvalue weighted by molar-refractivity contribution is -0.00584. The lowest BCUT2D eigenvalue weighted by atomic mass is 9.82. The zero-order valence-electron chi connectivity index (χ0n) is 18.1. The second kappa shape index (κ2) is 7.82. The Morgan fingerprint density at radius 3 is 2.53 bits per heavy atom. The summed E-state index contributed by atoms with van der Waals surface area (Å²) in [5.74, 6) is 1.72. The Bertz CT molecular complexity index is 1210. The number of methoxy groups -OCH3 is 2. The van der Waals surface area contributed by atoms with Crippen LogP contribution in [-0.2, 0) is 0 Å². The fraction of sp³-hybridized carbons (Fsp3) is 0.320. The molecule has 0 N–H and O–H groups in total. The van der Waals surface area contributed by atoms with Gasteiger partial charge >= 0.3 is 0 Å². The first-order valence-corrected chi connectivity index (χ1v) is 10.7. The SMILES string of the molecule is COc1cc(C(=O)N2CCC3(CC2)CC(=O)c2ccccc2O3)nc2c(OC)cccc12. The predicted octanol–water partition coefficient (Wildman–Crippen LogP) is 3.89. The minimum Gasteiger partial charge on any atom is -0.496 e. The van der Waals surface area contributed by atoms with Crippen LogP contribution in [-0.4, -0.2) is 54.5 Å². The van der Waals surface area contributed by atoms with Crippen molar-refractivity contribution in [3.05, 3.63) is 59.8 Å². The fourth-order valence-electron chi connectivity index (χ4n) is 4.64. The Morgan fingerprint density at radius 2 is 1.78 bits per heavy atom. The lowest BCUT2D eigenvalue weighted by Gasteiger charge is -2.43. The number of rotatable bonds is 3. The molecule has 1 amide bonds. The molecule has 164 valence electrons. The fourth-order valence-corrected chi connectivity index (χ4v) is 4.64. The van der Waals surface area contributed by atoms with Crippen molar-refractivity contribution in [2.45, 2.75) is 24.9 Å². The Morgan fingerprint density at radius 1 is 1.03 bits per heavy atom. The third-order valence-electron chi connectivity index (χ3n) is 6.38. The van der Waals surface area contributed by atoms with Crippen LogP contribution in [0.2, 0.25) is 0 Å². The number of hydrogen-bond donors (Lipinski definition) is 0. The number of hydrogen-bond acceptors (Lipinski definition) is 6. The van der Waals surface area contributed by atoms with Crippen molar-refractivity contribution in [3.8, 4) is 17.2 Å². The van der Waals surface area contributed by atoms with Gasteiger partial charge in [0.2, 0.25) is 0 Å². The molecule has 1 spiro atoms. The van der Waals surface area contributed by atoms with Gasteiger partial charge in [-0.05, 0) is 24.3 Å². The average molecular weight is 432 g/mol. The molecule has 0 radical (unpaired) electrons. The monoisotopic (exact) mass is 432 g/mol. The molecule has 2 aromatic carbocycles. The number of ether oxygens (including phenoxy) is 3. The summed E-state index contributed by atoms with van der Waals surface area (Å²) in [7, 11) is 3.15. The van der Waals surface area contributed by atoms with Crippen molar-refractivity contribution in [1.29, 1.82) is 0 Å². The molecule has 0 unspecified atom stereocenters. The number of para-hydroxylation sites is 2. The van der Waals surface area contributed by atoms with E-state index in [-0.39, 0.29) is 11.7 Å². The van der Waals surface area contributed by atoms with E-state index in [0.29, 0.717) is 66.4 Å². The van der Waals surface area contributed by atoms with Gasteiger partial charge in [0, 0.05) is 37.4 Å². The maximum absolute atomic E-state index is 13.3. The quantitative estimate of drug-likeness (QED) is 0.625. The highest BCUT2D eigenvalue weighted by Crippen LogP contribution is 2.39. The number of ketones is 1. The van der Waals surface area contributed by atoms with Gasteiger partial charge in [0.1, 0.15) is 34.1 Å². The third kappa shape index (κ3) is 3.34. The largest absolute Gasteiger partial charge is 0.496 e. The van der Waals surface area contributed by atoms with Gasteiger partial charge in [0.25, 0.3) is 5.91 Å². The van der Waals surface area contributed by atoms with E-state index in [1.54, 1.807) is 31.3 Å². The van der Waals surface area contributed by atoms with Gasteiger partial charge in [0.15, 0.2) is 5.78 Å². The van der Waals surface area contributed by atoms with E-state index in [1.807, 2.05) is 36.4 Å². The number of benzene rings is 2. The molecule has 1 saturated heterocycles. The van der Waals surface area contributed by atoms with Crippen molar-refractivity contribution in [2.75, 3.05) is 27.3 Å². The van der Waals surface area contributed by atoms with Crippen LogP contribution >= 0.6 is 0 Å². The summed E-state index contributed by atoms with van der Waals surface area (Å²) in [5.41, 5.74) is 0.975. The van der Waals surface area contributed by atoms with Gasteiger partial charge in [-0.2, -0.15) is 0 Å². The molecule has 0 bridgehead atoms. The maximum Gasteiger partial charge on any atom is 0.272 e. The molecule has 32 heavy (non-hydrogen) atoms. The summed E-state index contributed by atoms with van der Waals surface area (Å²) < 4.78 is 17.2. The summed E-state index contributed by atoms with van der Waals surface area (Å²) in [6.45, 7) is 0.977. The Labute approximate surface area is 185 Å². The van der Waals surface area contributed by atoms with Crippen LogP contribution in [0.25, 0.3) is 10.9 Å². The number of carbonyl (C=O) groups excluding carboxylic acids is 2. The Hall–Kier alpha value is -3.61. The maximum atomic E-state index is 13.3. The van der Waals surface area contributed by atoms with Crippen LogP contribution in [0, 0.1) is 0 Å². The first-order valence-electron chi connectivity index (χ1n) is 10.7. The normalized spacial score (nSPS) is 17.1. The molecular weight excluding hydrogens is 408 g/mol. The van der Waals surface area contributed by atoms with Crippen LogP contribution < -0.4 is 14.2 Å². The highest BCUT2D eigenvalue weighted by Gasteiger charge is 2.43. The number of Topliss-reactive ketones (excluding diaryl/α,β-unsaturated/α-hetero) is 1. The van der Waals surface area contributed by atoms with E-state index >= 15 is 0 Å². The predicted molar refractivity (Wildman–Crippen MR) is 119 cm³/mol.